The van der Waals surface area contributed by atoms with E-state index in [1.54, 1.807) is 12.1 Å². The van der Waals surface area contributed by atoms with Gasteiger partial charge in [0.1, 0.15) is 5.54 Å². The number of nitrogens with one attached hydrogen (secondary N) is 3. The molecule has 1 aliphatic heterocycles. The number of urea groups is 1. The summed E-state index contributed by atoms with van der Waals surface area (Å²) >= 11 is 0. The number of anilines is 1. The van der Waals surface area contributed by atoms with Gasteiger partial charge in [0.05, 0.1) is 0 Å². The minimum absolute atomic E-state index is 0.365. The molecule has 0 aliphatic carbocycles. The third-order valence-electron chi connectivity index (χ3n) is 2.99. The summed E-state index contributed by atoms with van der Waals surface area (Å²) in [6, 6.07) is 6.95. The summed E-state index contributed by atoms with van der Waals surface area (Å²) < 4.78 is 0. The molecule has 18 heavy (non-hydrogen) atoms. The summed E-state index contributed by atoms with van der Waals surface area (Å²) in [6.07, 6.45) is 0. The number of carbonyl (C=O) groups excluding carboxylic acids is 2. The second-order valence-electron chi connectivity index (χ2n) is 4.50. The van der Waals surface area contributed by atoms with E-state index in [1.165, 1.54) is 0 Å². The zero-order valence-electron chi connectivity index (χ0n) is 10.1. The zero-order chi connectivity index (χ0) is 13.2. The van der Waals surface area contributed by atoms with Crippen LogP contribution in [0.3, 0.4) is 0 Å². The van der Waals surface area contributed by atoms with Gasteiger partial charge in [-0.2, -0.15) is 0 Å². The van der Waals surface area contributed by atoms with Crippen molar-refractivity contribution in [3.8, 4) is 0 Å². The number of hydrogen-bond acceptors (Lipinski definition) is 3. The monoisotopic (exact) mass is 248 g/mol. The van der Waals surface area contributed by atoms with Crippen LogP contribution in [0.1, 0.15) is 5.56 Å². The number of benzene rings is 1. The molecule has 1 aromatic carbocycles. The van der Waals surface area contributed by atoms with E-state index >= 15 is 0 Å². The van der Waals surface area contributed by atoms with Crippen molar-refractivity contribution in [1.29, 1.82) is 0 Å². The molecule has 6 nitrogen and oxygen atoms in total. The van der Waals surface area contributed by atoms with Crippen LogP contribution in [0.15, 0.2) is 24.3 Å². The van der Waals surface area contributed by atoms with E-state index in [1.807, 2.05) is 19.1 Å². The summed E-state index contributed by atoms with van der Waals surface area (Å²) in [5.74, 6) is -0.527. The smallest absolute Gasteiger partial charge is 0.320 e. The van der Waals surface area contributed by atoms with Crippen LogP contribution in [-0.2, 0) is 4.79 Å². The molecule has 6 heteroatoms. The zero-order valence-corrected chi connectivity index (χ0v) is 10.1. The average Bonchev–Trinajstić information content (AvgIpc) is 2.26. The Bertz CT molecular complexity index is 465. The number of rotatable bonds is 3. The maximum absolute atomic E-state index is 11.8. The molecular weight excluding hydrogens is 232 g/mol. The fourth-order valence-corrected chi connectivity index (χ4v) is 1.72. The lowest BCUT2D eigenvalue weighted by atomic mass is 9.92. The van der Waals surface area contributed by atoms with Gasteiger partial charge in [-0.1, -0.05) is 17.7 Å². The lowest BCUT2D eigenvalue weighted by molar-refractivity contribution is -0.125. The molecule has 5 N–H and O–H groups in total. The van der Waals surface area contributed by atoms with E-state index in [0.29, 0.717) is 18.8 Å². The van der Waals surface area contributed by atoms with Gasteiger partial charge in [0.2, 0.25) is 5.91 Å². The van der Waals surface area contributed by atoms with Crippen molar-refractivity contribution in [2.24, 2.45) is 5.73 Å². The van der Waals surface area contributed by atoms with Crippen LogP contribution in [0.5, 0.6) is 0 Å². The summed E-state index contributed by atoms with van der Waals surface area (Å²) in [6.45, 7) is 2.69. The normalized spacial score (nSPS) is 16.5. The molecule has 0 unspecified atom stereocenters. The first-order chi connectivity index (χ1) is 8.52. The molecule has 96 valence electrons. The molecule has 1 aromatic rings. The summed E-state index contributed by atoms with van der Waals surface area (Å²) in [5, 5.41) is 8.18. The molecule has 0 radical (unpaired) electrons. The molecule has 1 aliphatic rings. The van der Waals surface area contributed by atoms with Gasteiger partial charge >= 0.3 is 6.03 Å². The first kappa shape index (κ1) is 12.4. The van der Waals surface area contributed by atoms with Crippen LogP contribution in [0.25, 0.3) is 0 Å². The SMILES string of the molecule is Cc1ccc(NC(=O)NC2(C(N)=O)CNC2)cc1. The highest BCUT2D eigenvalue weighted by Gasteiger charge is 2.44. The summed E-state index contributed by atoms with van der Waals surface area (Å²) in [5.41, 5.74) is 6.09. The molecule has 3 amide bonds. The average molecular weight is 248 g/mol. The van der Waals surface area contributed by atoms with Crippen molar-refractivity contribution in [2.75, 3.05) is 18.4 Å². The number of amides is 3. The predicted octanol–water partition coefficient (Wildman–Crippen LogP) is -0.0562. The number of aryl methyl sites for hydroxylation is 1. The second-order valence-corrected chi connectivity index (χ2v) is 4.50. The summed E-state index contributed by atoms with van der Waals surface area (Å²) in [4.78, 5) is 23.0. The fraction of sp³-hybridized carbons (Fsp3) is 0.333. The number of nitrogens with two attached hydrogens (primary N) is 1. The lowest BCUT2D eigenvalue weighted by Crippen LogP contribution is -2.75. The van der Waals surface area contributed by atoms with Crippen molar-refractivity contribution in [2.45, 2.75) is 12.5 Å². The Hall–Kier alpha value is -2.08. The van der Waals surface area contributed by atoms with Gasteiger partial charge in [-0.3, -0.25) is 4.79 Å². The number of primary amides is 1. The first-order valence-electron chi connectivity index (χ1n) is 5.68. The van der Waals surface area contributed by atoms with Crippen LogP contribution in [0.4, 0.5) is 10.5 Å². The van der Waals surface area contributed by atoms with Crippen molar-refractivity contribution in [3.63, 3.8) is 0 Å². The van der Waals surface area contributed by atoms with E-state index in [9.17, 15) is 9.59 Å². The molecular formula is C12H16N4O2. The van der Waals surface area contributed by atoms with Gasteiger partial charge in [-0.25, -0.2) is 4.79 Å². The standard InChI is InChI=1S/C12H16N4O2/c1-8-2-4-9(5-3-8)15-11(18)16-12(10(13)17)6-14-7-12/h2-5,14H,6-7H2,1H3,(H2,13,17)(H2,15,16,18). The molecule has 0 saturated carbocycles. The highest BCUT2D eigenvalue weighted by atomic mass is 16.2. The van der Waals surface area contributed by atoms with Crippen LogP contribution in [0, 0.1) is 6.92 Å². The molecule has 0 bridgehead atoms. The molecule has 0 spiro atoms. The largest absolute Gasteiger partial charge is 0.368 e. The number of hydrogen-bond donors (Lipinski definition) is 4. The molecule has 1 fully saturated rings. The topological polar surface area (TPSA) is 96.2 Å². The fourth-order valence-electron chi connectivity index (χ4n) is 1.72. The van der Waals surface area contributed by atoms with Gasteiger partial charge in [0.25, 0.3) is 0 Å². The Balaban J connectivity index is 1.96. The first-order valence-corrected chi connectivity index (χ1v) is 5.68. The third-order valence-corrected chi connectivity index (χ3v) is 2.99. The van der Waals surface area contributed by atoms with E-state index in [-0.39, 0.29) is 0 Å². The molecule has 2 rings (SSSR count). The number of carbonyl (C=O) groups is 2. The van der Waals surface area contributed by atoms with Crippen molar-refractivity contribution in [1.82, 2.24) is 10.6 Å². The Morgan fingerprint density at radius 3 is 2.33 bits per heavy atom. The minimum Gasteiger partial charge on any atom is -0.368 e. The van der Waals surface area contributed by atoms with Crippen LogP contribution in [0.2, 0.25) is 0 Å². The molecule has 0 aromatic heterocycles. The van der Waals surface area contributed by atoms with Gasteiger partial charge in [0.15, 0.2) is 0 Å². The van der Waals surface area contributed by atoms with Crippen molar-refractivity contribution >= 4 is 17.6 Å². The molecule has 0 atom stereocenters. The molecule has 1 saturated heterocycles. The highest BCUT2D eigenvalue weighted by molar-refractivity contribution is 5.96. The minimum atomic E-state index is -0.964. The maximum atomic E-state index is 11.8. The predicted molar refractivity (Wildman–Crippen MR) is 68.1 cm³/mol. The van der Waals surface area contributed by atoms with Crippen LogP contribution < -0.4 is 21.7 Å². The summed E-state index contributed by atoms with van der Waals surface area (Å²) in [7, 11) is 0. The van der Waals surface area contributed by atoms with Gasteiger partial charge < -0.3 is 21.7 Å². The second kappa shape index (κ2) is 4.66. The quantitative estimate of drug-likeness (QED) is 0.603. The Morgan fingerprint density at radius 2 is 1.89 bits per heavy atom. The van der Waals surface area contributed by atoms with E-state index in [4.69, 9.17) is 5.73 Å². The van der Waals surface area contributed by atoms with Crippen molar-refractivity contribution < 1.29 is 9.59 Å². The van der Waals surface area contributed by atoms with Crippen LogP contribution in [-0.4, -0.2) is 30.6 Å². The van der Waals surface area contributed by atoms with E-state index < -0.39 is 17.5 Å². The van der Waals surface area contributed by atoms with Gasteiger partial charge in [-0.05, 0) is 19.1 Å². The van der Waals surface area contributed by atoms with E-state index in [0.717, 1.165) is 5.56 Å². The Labute approximate surface area is 105 Å². The van der Waals surface area contributed by atoms with Crippen LogP contribution >= 0.6 is 0 Å². The Morgan fingerprint density at radius 1 is 1.28 bits per heavy atom. The van der Waals surface area contributed by atoms with Gasteiger partial charge in [0, 0.05) is 18.8 Å². The van der Waals surface area contributed by atoms with E-state index in [2.05, 4.69) is 16.0 Å². The van der Waals surface area contributed by atoms with Crippen molar-refractivity contribution in [3.05, 3.63) is 29.8 Å². The van der Waals surface area contributed by atoms with Gasteiger partial charge in [-0.15, -0.1) is 0 Å². The highest BCUT2D eigenvalue weighted by Crippen LogP contribution is 2.12. The Kier molecular flexibility index (Phi) is 3.20. The molecule has 1 heterocycles. The lowest BCUT2D eigenvalue weighted by Gasteiger charge is -2.39. The maximum Gasteiger partial charge on any atom is 0.320 e. The third kappa shape index (κ3) is 2.43.